The fourth-order valence-corrected chi connectivity index (χ4v) is 3.70. The summed E-state index contributed by atoms with van der Waals surface area (Å²) >= 11 is 0. The van der Waals surface area contributed by atoms with E-state index in [0.29, 0.717) is 18.8 Å². The lowest BCUT2D eigenvalue weighted by Crippen LogP contribution is -2.44. The SMILES string of the molecule is O=C(c1cn(Cc2ccccn2)nn1)N1CCN(CC2CC2)c2ccccc21. The van der Waals surface area contributed by atoms with Crippen molar-refractivity contribution in [2.24, 2.45) is 5.92 Å². The standard InChI is InChI=1S/C21H22N6O/c28-21(18-15-26(24-23-18)14-17-5-3-4-10-22-17)27-12-11-25(13-16-8-9-16)19-6-1-2-7-20(19)27/h1-7,10,15-16H,8-9,11-14H2. The number of rotatable bonds is 5. The Morgan fingerprint density at radius 3 is 2.64 bits per heavy atom. The van der Waals surface area contributed by atoms with Gasteiger partial charge in [0.05, 0.1) is 29.8 Å². The Kier molecular flexibility index (Phi) is 4.27. The lowest BCUT2D eigenvalue weighted by molar-refractivity contribution is 0.0981. The van der Waals surface area contributed by atoms with Gasteiger partial charge < -0.3 is 9.80 Å². The van der Waals surface area contributed by atoms with Crippen molar-refractivity contribution >= 4 is 17.3 Å². The van der Waals surface area contributed by atoms with Crippen LogP contribution in [0.1, 0.15) is 29.0 Å². The highest BCUT2D eigenvalue weighted by Gasteiger charge is 2.32. The highest BCUT2D eigenvalue weighted by atomic mass is 16.2. The van der Waals surface area contributed by atoms with Crippen LogP contribution in [0.4, 0.5) is 11.4 Å². The molecule has 1 aromatic carbocycles. The van der Waals surface area contributed by atoms with Gasteiger partial charge >= 0.3 is 0 Å². The van der Waals surface area contributed by atoms with Crippen molar-refractivity contribution in [2.45, 2.75) is 19.4 Å². The molecule has 1 amide bonds. The first-order valence-electron chi connectivity index (χ1n) is 9.74. The van der Waals surface area contributed by atoms with E-state index in [2.05, 4.69) is 26.3 Å². The van der Waals surface area contributed by atoms with Crippen LogP contribution in [0.25, 0.3) is 0 Å². The molecule has 0 unspecified atom stereocenters. The molecule has 7 heteroatoms. The van der Waals surface area contributed by atoms with Crippen molar-refractivity contribution in [3.05, 3.63) is 66.2 Å². The van der Waals surface area contributed by atoms with Gasteiger partial charge in [0, 0.05) is 25.8 Å². The number of para-hydroxylation sites is 2. The van der Waals surface area contributed by atoms with E-state index in [4.69, 9.17) is 0 Å². The zero-order valence-electron chi connectivity index (χ0n) is 15.6. The van der Waals surface area contributed by atoms with Gasteiger partial charge in [-0.25, -0.2) is 4.68 Å². The molecule has 0 radical (unpaired) electrons. The smallest absolute Gasteiger partial charge is 0.280 e. The van der Waals surface area contributed by atoms with Crippen molar-refractivity contribution in [3.63, 3.8) is 0 Å². The second-order valence-electron chi connectivity index (χ2n) is 7.46. The first-order valence-corrected chi connectivity index (χ1v) is 9.74. The number of pyridine rings is 1. The van der Waals surface area contributed by atoms with E-state index in [1.807, 2.05) is 41.3 Å². The van der Waals surface area contributed by atoms with Crippen molar-refractivity contribution in [3.8, 4) is 0 Å². The van der Waals surface area contributed by atoms with Gasteiger partial charge in [-0.15, -0.1) is 5.10 Å². The third-order valence-electron chi connectivity index (χ3n) is 5.34. The molecule has 0 atom stereocenters. The van der Waals surface area contributed by atoms with Gasteiger partial charge in [0.15, 0.2) is 5.69 Å². The topological polar surface area (TPSA) is 67.2 Å². The molecule has 142 valence electrons. The molecule has 7 nitrogen and oxygen atoms in total. The number of amides is 1. The molecule has 1 aliphatic heterocycles. The first kappa shape index (κ1) is 16.9. The number of hydrogen-bond donors (Lipinski definition) is 0. The van der Waals surface area contributed by atoms with Crippen molar-refractivity contribution in [2.75, 3.05) is 29.4 Å². The third kappa shape index (κ3) is 3.35. The molecular weight excluding hydrogens is 352 g/mol. The lowest BCUT2D eigenvalue weighted by atomic mass is 10.1. The number of aromatic nitrogens is 4. The highest BCUT2D eigenvalue weighted by Crippen LogP contribution is 2.37. The maximum absolute atomic E-state index is 13.1. The Bertz CT molecular complexity index is 981. The van der Waals surface area contributed by atoms with Crippen LogP contribution in [-0.2, 0) is 6.54 Å². The normalized spacial score (nSPS) is 16.1. The van der Waals surface area contributed by atoms with Crippen LogP contribution in [0.5, 0.6) is 0 Å². The average molecular weight is 374 g/mol. The van der Waals surface area contributed by atoms with Gasteiger partial charge in [-0.05, 0) is 43.0 Å². The zero-order valence-corrected chi connectivity index (χ0v) is 15.6. The Balaban J connectivity index is 1.36. The summed E-state index contributed by atoms with van der Waals surface area (Å²) in [6.45, 7) is 3.09. The largest absolute Gasteiger partial charge is 0.368 e. The minimum atomic E-state index is -0.106. The van der Waals surface area contributed by atoms with Crippen LogP contribution < -0.4 is 9.80 Å². The molecule has 2 aliphatic rings. The predicted octanol–water partition coefficient (Wildman–Crippen LogP) is 2.60. The summed E-state index contributed by atoms with van der Waals surface area (Å²) in [6, 6.07) is 13.9. The summed E-state index contributed by atoms with van der Waals surface area (Å²) < 4.78 is 1.66. The van der Waals surface area contributed by atoms with Gasteiger partial charge in [0.25, 0.3) is 5.91 Å². The van der Waals surface area contributed by atoms with Crippen molar-refractivity contribution in [1.82, 2.24) is 20.0 Å². The number of hydrogen-bond acceptors (Lipinski definition) is 5. The van der Waals surface area contributed by atoms with Crippen LogP contribution in [0, 0.1) is 5.92 Å². The van der Waals surface area contributed by atoms with Gasteiger partial charge in [0.2, 0.25) is 0 Å². The Morgan fingerprint density at radius 2 is 1.86 bits per heavy atom. The number of anilines is 2. The summed E-state index contributed by atoms with van der Waals surface area (Å²) in [4.78, 5) is 21.7. The van der Waals surface area contributed by atoms with Gasteiger partial charge in [-0.1, -0.05) is 23.4 Å². The molecule has 3 aromatic rings. The zero-order chi connectivity index (χ0) is 18.9. The Hall–Kier alpha value is -3.22. The second-order valence-corrected chi connectivity index (χ2v) is 7.46. The summed E-state index contributed by atoms with van der Waals surface area (Å²) in [5, 5.41) is 8.23. The van der Waals surface area contributed by atoms with Crippen LogP contribution in [-0.4, -0.2) is 45.5 Å². The van der Waals surface area contributed by atoms with E-state index in [9.17, 15) is 4.79 Å². The quantitative estimate of drug-likeness (QED) is 0.687. The monoisotopic (exact) mass is 374 g/mol. The minimum Gasteiger partial charge on any atom is -0.368 e. The Labute approximate surface area is 163 Å². The third-order valence-corrected chi connectivity index (χ3v) is 5.34. The predicted molar refractivity (Wildman–Crippen MR) is 106 cm³/mol. The summed E-state index contributed by atoms with van der Waals surface area (Å²) in [5.74, 6) is 0.701. The number of fused-ring (bicyclic) bond motifs is 1. The Morgan fingerprint density at radius 1 is 1.04 bits per heavy atom. The summed E-state index contributed by atoms with van der Waals surface area (Å²) in [7, 11) is 0. The minimum absolute atomic E-state index is 0.106. The molecule has 1 aliphatic carbocycles. The van der Waals surface area contributed by atoms with Crippen LogP contribution >= 0.6 is 0 Å². The summed E-state index contributed by atoms with van der Waals surface area (Å²) in [5.41, 5.74) is 3.33. The molecule has 28 heavy (non-hydrogen) atoms. The first-order chi connectivity index (χ1) is 13.8. The van der Waals surface area contributed by atoms with E-state index in [1.165, 1.54) is 12.8 Å². The molecule has 1 saturated carbocycles. The van der Waals surface area contributed by atoms with E-state index >= 15 is 0 Å². The molecule has 3 heterocycles. The molecule has 5 rings (SSSR count). The van der Waals surface area contributed by atoms with E-state index in [-0.39, 0.29) is 5.91 Å². The average Bonchev–Trinajstić information content (AvgIpc) is 3.44. The van der Waals surface area contributed by atoms with Gasteiger partial charge in [-0.3, -0.25) is 9.78 Å². The van der Waals surface area contributed by atoms with Gasteiger partial charge in [-0.2, -0.15) is 0 Å². The number of carbonyl (C=O) groups is 1. The number of carbonyl (C=O) groups excluding carboxylic acids is 1. The molecule has 0 saturated heterocycles. The maximum Gasteiger partial charge on any atom is 0.280 e. The highest BCUT2D eigenvalue weighted by molar-refractivity contribution is 6.07. The molecule has 0 bridgehead atoms. The van der Waals surface area contributed by atoms with E-state index in [0.717, 1.165) is 36.1 Å². The molecular formula is C21H22N6O. The van der Waals surface area contributed by atoms with Gasteiger partial charge in [0.1, 0.15) is 0 Å². The molecule has 1 fully saturated rings. The number of nitrogens with zero attached hydrogens (tertiary/aromatic N) is 6. The molecule has 0 spiro atoms. The van der Waals surface area contributed by atoms with Crippen LogP contribution in [0.15, 0.2) is 54.9 Å². The second kappa shape index (κ2) is 7.07. The van der Waals surface area contributed by atoms with Crippen molar-refractivity contribution < 1.29 is 4.79 Å². The molecule has 0 N–H and O–H groups in total. The maximum atomic E-state index is 13.1. The van der Waals surface area contributed by atoms with Crippen LogP contribution in [0.3, 0.4) is 0 Å². The lowest BCUT2D eigenvalue weighted by Gasteiger charge is -2.37. The summed E-state index contributed by atoms with van der Waals surface area (Å²) in [6.07, 6.45) is 6.09. The fraction of sp³-hybridized carbons (Fsp3) is 0.333. The van der Waals surface area contributed by atoms with Crippen molar-refractivity contribution in [1.29, 1.82) is 0 Å². The fourth-order valence-electron chi connectivity index (χ4n) is 3.70. The number of benzene rings is 1. The van der Waals surface area contributed by atoms with E-state index < -0.39 is 0 Å². The van der Waals surface area contributed by atoms with E-state index in [1.54, 1.807) is 17.1 Å². The molecule has 2 aromatic heterocycles. The van der Waals surface area contributed by atoms with Crippen LogP contribution in [0.2, 0.25) is 0 Å².